The van der Waals surface area contributed by atoms with Crippen LogP contribution in [-0.2, 0) is 6.61 Å². The van der Waals surface area contributed by atoms with E-state index in [1.807, 2.05) is 12.1 Å². The fourth-order valence-corrected chi connectivity index (χ4v) is 2.97. The van der Waals surface area contributed by atoms with Crippen LogP contribution in [0, 0.1) is 29.6 Å². The highest BCUT2D eigenvalue weighted by Gasteiger charge is 2.23. The van der Waals surface area contributed by atoms with Crippen molar-refractivity contribution in [3.05, 3.63) is 75.3 Å². The number of aromatic nitrogens is 3. The maximum absolute atomic E-state index is 13.2. The lowest BCUT2D eigenvalue weighted by molar-refractivity contribution is 0.103. The molecule has 0 amide bonds. The van der Waals surface area contributed by atoms with Crippen molar-refractivity contribution in [2.45, 2.75) is 13.5 Å². The van der Waals surface area contributed by atoms with Crippen molar-refractivity contribution in [2.24, 2.45) is 0 Å². The van der Waals surface area contributed by atoms with Crippen LogP contribution in [0.5, 0.6) is 0 Å². The van der Waals surface area contributed by atoms with E-state index >= 15 is 0 Å². The van der Waals surface area contributed by atoms with E-state index in [2.05, 4.69) is 10.2 Å². The van der Waals surface area contributed by atoms with Gasteiger partial charge in [0.25, 0.3) is 0 Å². The van der Waals surface area contributed by atoms with Crippen molar-refractivity contribution in [3.63, 3.8) is 0 Å². The van der Waals surface area contributed by atoms with Crippen molar-refractivity contribution >= 4 is 17.4 Å². The van der Waals surface area contributed by atoms with Gasteiger partial charge in [-0.15, -0.1) is 10.2 Å². The molecule has 132 valence electrons. The lowest BCUT2D eigenvalue weighted by atomic mass is 9.96. The number of aliphatic hydroxyl groups excluding tert-OH is 1. The average Bonchev–Trinajstić information content (AvgIpc) is 3.07. The Kier molecular flexibility index (Phi) is 5.00. The fourth-order valence-electron chi connectivity index (χ4n) is 2.75. The first-order valence-electron chi connectivity index (χ1n) is 7.81. The van der Waals surface area contributed by atoms with Crippen molar-refractivity contribution in [1.29, 1.82) is 10.5 Å². The van der Waals surface area contributed by atoms with E-state index in [-0.39, 0.29) is 33.1 Å². The molecule has 0 unspecified atom stereocenters. The topological polar surface area (TPSA) is 116 Å². The van der Waals surface area contributed by atoms with E-state index in [1.165, 1.54) is 16.7 Å². The van der Waals surface area contributed by atoms with Gasteiger partial charge in [0.05, 0.1) is 21.8 Å². The molecule has 0 atom stereocenters. The molecule has 0 saturated carbocycles. The standard InChI is InChI=1S/C19H12ClN5O2/c1-11-23-24-18(10-26)25(11)17-7-13(9-22)12(8-21)6-15(17)19(27)14-4-2-3-5-16(14)20/h2-7,26H,10H2,1H3. The molecule has 0 spiro atoms. The predicted octanol–water partition coefficient (Wildman–Crippen LogP) is 2.70. The molecule has 3 rings (SSSR count). The minimum absolute atomic E-state index is 0.0629. The molecule has 1 heterocycles. The third kappa shape index (κ3) is 3.18. The molecule has 1 aromatic heterocycles. The molecule has 7 nitrogen and oxygen atoms in total. The molecule has 0 aliphatic rings. The van der Waals surface area contributed by atoms with Crippen LogP contribution in [0.3, 0.4) is 0 Å². The number of rotatable bonds is 4. The minimum atomic E-state index is -0.423. The highest BCUT2D eigenvalue weighted by Crippen LogP contribution is 2.27. The van der Waals surface area contributed by atoms with E-state index in [0.717, 1.165) is 0 Å². The second-order valence-electron chi connectivity index (χ2n) is 5.60. The molecule has 0 aliphatic carbocycles. The molecule has 0 radical (unpaired) electrons. The minimum Gasteiger partial charge on any atom is -0.388 e. The van der Waals surface area contributed by atoms with Crippen LogP contribution >= 0.6 is 11.6 Å². The highest BCUT2D eigenvalue weighted by molar-refractivity contribution is 6.35. The first kappa shape index (κ1) is 18.3. The Hall–Kier alpha value is -3.52. The third-order valence-electron chi connectivity index (χ3n) is 4.01. The molecular formula is C19H12ClN5O2. The fraction of sp³-hybridized carbons (Fsp3) is 0.105. The van der Waals surface area contributed by atoms with E-state index in [4.69, 9.17) is 11.6 Å². The summed E-state index contributed by atoms with van der Waals surface area (Å²) in [5.74, 6) is 0.198. The molecule has 27 heavy (non-hydrogen) atoms. The van der Waals surface area contributed by atoms with Gasteiger partial charge in [-0.05, 0) is 31.2 Å². The first-order valence-corrected chi connectivity index (χ1v) is 8.19. The summed E-state index contributed by atoms with van der Waals surface area (Å²) < 4.78 is 1.48. The number of aryl methyl sites for hydroxylation is 1. The predicted molar refractivity (Wildman–Crippen MR) is 96.3 cm³/mol. The Morgan fingerprint density at radius 3 is 2.44 bits per heavy atom. The molecule has 1 N–H and O–H groups in total. The summed E-state index contributed by atoms with van der Waals surface area (Å²) in [4.78, 5) is 13.2. The quantitative estimate of drug-likeness (QED) is 0.699. The van der Waals surface area contributed by atoms with E-state index in [0.29, 0.717) is 11.5 Å². The van der Waals surface area contributed by atoms with Gasteiger partial charge in [0.2, 0.25) is 0 Å². The molecule has 8 heteroatoms. The van der Waals surface area contributed by atoms with Crippen LogP contribution in [0.1, 0.15) is 38.7 Å². The molecule has 0 fully saturated rings. The van der Waals surface area contributed by atoms with E-state index in [1.54, 1.807) is 31.2 Å². The van der Waals surface area contributed by atoms with Gasteiger partial charge in [-0.25, -0.2) is 0 Å². The second kappa shape index (κ2) is 7.38. The lowest BCUT2D eigenvalue weighted by Crippen LogP contribution is -2.13. The van der Waals surface area contributed by atoms with E-state index < -0.39 is 12.4 Å². The zero-order chi connectivity index (χ0) is 19.6. The number of ketones is 1. The molecule has 0 bridgehead atoms. The van der Waals surface area contributed by atoms with Crippen molar-refractivity contribution < 1.29 is 9.90 Å². The Balaban J connectivity index is 2.35. The monoisotopic (exact) mass is 377 g/mol. The smallest absolute Gasteiger partial charge is 0.196 e. The maximum atomic E-state index is 13.2. The zero-order valence-electron chi connectivity index (χ0n) is 14.1. The largest absolute Gasteiger partial charge is 0.388 e. The van der Waals surface area contributed by atoms with Crippen LogP contribution in [0.2, 0.25) is 5.02 Å². The molecule has 0 saturated heterocycles. The number of carbonyl (C=O) groups is 1. The summed E-state index contributed by atoms with van der Waals surface area (Å²) in [6.45, 7) is 1.24. The SMILES string of the molecule is Cc1nnc(CO)n1-c1cc(C#N)c(C#N)cc1C(=O)c1ccccc1Cl. The van der Waals surface area contributed by atoms with Crippen LogP contribution in [0.25, 0.3) is 5.69 Å². The number of carbonyl (C=O) groups excluding carboxylic acids is 1. The van der Waals surface area contributed by atoms with Gasteiger partial charge in [0, 0.05) is 11.1 Å². The van der Waals surface area contributed by atoms with Crippen molar-refractivity contribution in [2.75, 3.05) is 0 Å². The second-order valence-corrected chi connectivity index (χ2v) is 6.01. The van der Waals surface area contributed by atoms with Crippen LogP contribution in [0.15, 0.2) is 36.4 Å². The Labute approximate surface area is 159 Å². The van der Waals surface area contributed by atoms with Crippen LogP contribution in [0.4, 0.5) is 0 Å². The van der Waals surface area contributed by atoms with Crippen molar-refractivity contribution in [1.82, 2.24) is 14.8 Å². The molecule has 2 aromatic carbocycles. The Morgan fingerprint density at radius 1 is 1.15 bits per heavy atom. The summed E-state index contributed by atoms with van der Waals surface area (Å²) in [5, 5.41) is 36.3. The number of nitriles is 2. The van der Waals surface area contributed by atoms with Gasteiger partial charge < -0.3 is 5.11 Å². The van der Waals surface area contributed by atoms with Gasteiger partial charge in [0.1, 0.15) is 24.6 Å². The Bertz CT molecular complexity index is 1140. The average molecular weight is 378 g/mol. The number of benzene rings is 2. The lowest BCUT2D eigenvalue weighted by Gasteiger charge is -2.14. The summed E-state index contributed by atoms with van der Waals surface area (Å²) >= 11 is 6.16. The zero-order valence-corrected chi connectivity index (χ0v) is 14.9. The summed E-state index contributed by atoms with van der Waals surface area (Å²) in [5.41, 5.74) is 0.858. The summed E-state index contributed by atoms with van der Waals surface area (Å²) in [7, 11) is 0. The van der Waals surface area contributed by atoms with Gasteiger partial charge >= 0.3 is 0 Å². The number of hydrogen-bond acceptors (Lipinski definition) is 6. The van der Waals surface area contributed by atoms with Crippen LogP contribution in [-0.4, -0.2) is 25.7 Å². The van der Waals surface area contributed by atoms with E-state index in [9.17, 15) is 20.4 Å². The van der Waals surface area contributed by atoms with Crippen molar-refractivity contribution in [3.8, 4) is 17.8 Å². The number of nitrogens with zero attached hydrogens (tertiary/aromatic N) is 5. The highest BCUT2D eigenvalue weighted by atomic mass is 35.5. The maximum Gasteiger partial charge on any atom is 0.196 e. The molecule has 3 aromatic rings. The number of hydrogen-bond donors (Lipinski definition) is 1. The van der Waals surface area contributed by atoms with Gasteiger partial charge in [-0.2, -0.15) is 10.5 Å². The third-order valence-corrected chi connectivity index (χ3v) is 4.34. The Morgan fingerprint density at radius 2 is 1.81 bits per heavy atom. The van der Waals surface area contributed by atoms with Gasteiger partial charge in [-0.1, -0.05) is 23.7 Å². The number of aliphatic hydroxyl groups is 1. The van der Waals surface area contributed by atoms with Gasteiger partial charge in [-0.3, -0.25) is 9.36 Å². The number of halogens is 1. The van der Waals surface area contributed by atoms with Gasteiger partial charge in [0.15, 0.2) is 11.6 Å². The first-order chi connectivity index (χ1) is 13.0. The summed E-state index contributed by atoms with van der Waals surface area (Å²) in [6, 6.07) is 13.2. The molecular weight excluding hydrogens is 366 g/mol. The molecule has 0 aliphatic heterocycles. The summed E-state index contributed by atoms with van der Waals surface area (Å²) in [6.07, 6.45) is 0. The van der Waals surface area contributed by atoms with Crippen LogP contribution < -0.4 is 0 Å². The normalized spacial score (nSPS) is 10.3.